The van der Waals surface area contributed by atoms with Gasteiger partial charge >= 0.3 is 5.97 Å². The molecule has 6 fully saturated rings. The normalized spacial score (nSPS) is 64.5. The van der Waals surface area contributed by atoms with Gasteiger partial charge < -0.3 is 24.1 Å². The van der Waals surface area contributed by atoms with Gasteiger partial charge in [0.05, 0.1) is 18.6 Å². The van der Waals surface area contributed by atoms with Crippen LogP contribution in [0.4, 0.5) is 0 Å². The number of fused-ring (bicyclic) bond motifs is 3. The fourth-order valence-electron chi connectivity index (χ4n) is 8.21. The molecular weight excluding hydrogens is 348 g/mol. The third kappa shape index (κ3) is 1.42. The van der Waals surface area contributed by atoms with Crippen molar-refractivity contribution in [1.29, 1.82) is 0 Å². The van der Waals surface area contributed by atoms with Gasteiger partial charge in [0.2, 0.25) is 0 Å². The monoisotopic (exact) mass is 378 g/mol. The molecule has 0 amide bonds. The van der Waals surface area contributed by atoms with Crippen molar-refractivity contribution in [2.75, 3.05) is 7.11 Å². The largest absolute Gasteiger partial charge is 0.469 e. The highest BCUT2D eigenvalue weighted by atomic mass is 16.7. The number of esters is 1. The maximum Gasteiger partial charge on any atom is 0.311 e. The predicted molar refractivity (Wildman–Crippen MR) is 93.8 cm³/mol. The van der Waals surface area contributed by atoms with Crippen LogP contribution in [0.3, 0.4) is 0 Å². The SMILES string of the molecule is COC(=O)[C@]1(C)CCC[C@@]2(C)[C@H]1C[C@@H]1O[C@@]13[C@H](O)[C@@]1(C(C)C)O[C@H]1C1O[C@@]132. The van der Waals surface area contributed by atoms with Gasteiger partial charge in [-0.3, -0.25) is 4.79 Å². The summed E-state index contributed by atoms with van der Waals surface area (Å²) >= 11 is 0. The molecule has 2 spiro atoms. The van der Waals surface area contributed by atoms with E-state index in [1.807, 2.05) is 0 Å². The topological polar surface area (TPSA) is 84.1 Å². The summed E-state index contributed by atoms with van der Waals surface area (Å²) in [5.74, 6) is 0.196. The van der Waals surface area contributed by atoms with Crippen LogP contribution in [0.25, 0.3) is 0 Å². The van der Waals surface area contributed by atoms with Gasteiger partial charge in [-0.05, 0) is 38.0 Å². The maximum atomic E-state index is 12.8. The first kappa shape index (κ1) is 17.2. The standard InChI is InChI=1S/C21H30O6/c1-10(2)19-13(26-19)14-21(27-14)18(4)8-6-7-17(3,16(23)24-5)11(18)9-12-20(21,25-12)15(19)22/h10-15,22H,6-9H2,1-5H3/t11-,12-,13-,14?,15+,17+,18-,19-,20+,21+/m0/s1. The lowest BCUT2D eigenvalue weighted by Gasteiger charge is -2.58. The van der Waals surface area contributed by atoms with Gasteiger partial charge in [0.15, 0.2) is 5.60 Å². The van der Waals surface area contributed by atoms with Crippen LogP contribution in [0.15, 0.2) is 0 Å². The second-order valence-electron chi connectivity index (χ2n) is 10.6. The number of carbonyl (C=O) groups excluding carboxylic acids is 1. The summed E-state index contributed by atoms with van der Waals surface area (Å²) < 4.78 is 24.3. The molecule has 0 aromatic carbocycles. The summed E-state index contributed by atoms with van der Waals surface area (Å²) in [5, 5.41) is 11.5. The Morgan fingerprint density at radius 3 is 2.56 bits per heavy atom. The second kappa shape index (κ2) is 4.40. The van der Waals surface area contributed by atoms with Crippen LogP contribution in [0.2, 0.25) is 0 Å². The van der Waals surface area contributed by atoms with E-state index in [-0.39, 0.29) is 41.5 Å². The summed E-state index contributed by atoms with van der Waals surface area (Å²) in [6.07, 6.45) is 2.68. The zero-order chi connectivity index (χ0) is 19.2. The number of carbonyl (C=O) groups is 1. The van der Waals surface area contributed by atoms with Gasteiger partial charge in [-0.15, -0.1) is 0 Å². The van der Waals surface area contributed by atoms with Crippen molar-refractivity contribution in [3.63, 3.8) is 0 Å². The van der Waals surface area contributed by atoms with E-state index in [0.29, 0.717) is 0 Å². The van der Waals surface area contributed by atoms with Crippen molar-refractivity contribution in [3.8, 4) is 0 Å². The molecule has 150 valence electrons. The van der Waals surface area contributed by atoms with E-state index in [1.54, 1.807) is 0 Å². The number of ether oxygens (including phenoxy) is 4. The third-order valence-electron chi connectivity index (χ3n) is 9.60. The highest BCUT2D eigenvalue weighted by Gasteiger charge is 3.00. The van der Waals surface area contributed by atoms with Gasteiger partial charge in [-0.2, -0.15) is 0 Å². The van der Waals surface area contributed by atoms with Crippen molar-refractivity contribution in [1.82, 2.24) is 0 Å². The average molecular weight is 378 g/mol. The molecule has 0 radical (unpaired) electrons. The quantitative estimate of drug-likeness (QED) is 0.583. The summed E-state index contributed by atoms with van der Waals surface area (Å²) in [6.45, 7) is 8.52. The fourth-order valence-corrected chi connectivity index (χ4v) is 8.21. The van der Waals surface area contributed by atoms with Crippen LogP contribution < -0.4 is 0 Å². The molecule has 6 nitrogen and oxygen atoms in total. The molecule has 0 bridgehead atoms. The van der Waals surface area contributed by atoms with E-state index in [9.17, 15) is 9.90 Å². The summed E-state index contributed by atoms with van der Waals surface area (Å²) in [5.41, 5.74) is -2.52. The van der Waals surface area contributed by atoms with E-state index >= 15 is 0 Å². The second-order valence-corrected chi connectivity index (χ2v) is 10.6. The molecule has 0 aromatic rings. The summed E-state index contributed by atoms with van der Waals surface area (Å²) in [4.78, 5) is 12.8. The Kier molecular flexibility index (Phi) is 2.80. The molecule has 10 atom stereocenters. The van der Waals surface area contributed by atoms with Crippen LogP contribution in [0.5, 0.6) is 0 Å². The Balaban J connectivity index is 1.48. The van der Waals surface area contributed by atoms with Gasteiger partial charge in [0, 0.05) is 5.41 Å². The molecule has 27 heavy (non-hydrogen) atoms. The van der Waals surface area contributed by atoms with E-state index in [1.165, 1.54) is 7.11 Å². The molecule has 6 aliphatic rings. The van der Waals surface area contributed by atoms with Gasteiger partial charge in [0.25, 0.3) is 0 Å². The number of epoxide rings is 3. The van der Waals surface area contributed by atoms with Crippen LogP contribution in [0, 0.1) is 22.7 Å². The zero-order valence-corrected chi connectivity index (χ0v) is 16.8. The first-order chi connectivity index (χ1) is 12.7. The smallest absolute Gasteiger partial charge is 0.311 e. The van der Waals surface area contributed by atoms with Crippen LogP contribution in [-0.4, -0.2) is 59.4 Å². The van der Waals surface area contributed by atoms with Crippen molar-refractivity contribution in [2.24, 2.45) is 22.7 Å². The Hall–Kier alpha value is -0.690. The molecule has 6 heteroatoms. The fraction of sp³-hybridized carbons (Fsp3) is 0.952. The molecule has 6 rings (SSSR count). The highest BCUT2D eigenvalue weighted by molar-refractivity contribution is 5.77. The highest BCUT2D eigenvalue weighted by Crippen LogP contribution is 2.83. The molecule has 0 aromatic heterocycles. The number of hydrogen-bond acceptors (Lipinski definition) is 6. The molecule has 1 N–H and O–H groups in total. The third-order valence-corrected chi connectivity index (χ3v) is 9.60. The molecule has 3 heterocycles. The molecule has 3 aliphatic carbocycles. The lowest BCUT2D eigenvalue weighted by atomic mass is 9.42. The van der Waals surface area contributed by atoms with Crippen LogP contribution in [-0.2, 0) is 23.7 Å². The van der Waals surface area contributed by atoms with Crippen molar-refractivity contribution in [3.05, 3.63) is 0 Å². The van der Waals surface area contributed by atoms with E-state index in [2.05, 4.69) is 27.7 Å². The van der Waals surface area contributed by atoms with Gasteiger partial charge in [-0.25, -0.2) is 0 Å². The minimum Gasteiger partial charge on any atom is -0.469 e. The van der Waals surface area contributed by atoms with Crippen molar-refractivity contribution < 1.29 is 28.8 Å². The lowest BCUT2D eigenvalue weighted by molar-refractivity contribution is -0.177. The Labute approximate surface area is 159 Å². The van der Waals surface area contributed by atoms with E-state index in [0.717, 1.165) is 25.7 Å². The number of rotatable bonds is 2. The van der Waals surface area contributed by atoms with Crippen LogP contribution >= 0.6 is 0 Å². The molecule has 3 saturated heterocycles. The van der Waals surface area contributed by atoms with E-state index in [4.69, 9.17) is 18.9 Å². The molecular formula is C21H30O6. The minimum absolute atomic E-state index is 0.0407. The summed E-state index contributed by atoms with van der Waals surface area (Å²) in [6, 6.07) is 0. The first-order valence-corrected chi connectivity index (χ1v) is 10.5. The maximum absolute atomic E-state index is 12.8. The van der Waals surface area contributed by atoms with Gasteiger partial charge in [0.1, 0.15) is 29.5 Å². The average Bonchev–Trinajstić information content (AvgIpc) is 3.49. The number of hydrogen-bond donors (Lipinski definition) is 1. The molecule has 3 saturated carbocycles. The Bertz CT molecular complexity index is 753. The van der Waals surface area contributed by atoms with E-state index < -0.39 is 28.3 Å². The van der Waals surface area contributed by atoms with Crippen molar-refractivity contribution in [2.45, 2.75) is 94.6 Å². The van der Waals surface area contributed by atoms with Gasteiger partial charge in [-0.1, -0.05) is 27.2 Å². The first-order valence-electron chi connectivity index (χ1n) is 10.5. The minimum atomic E-state index is -0.678. The predicted octanol–water partition coefficient (Wildman–Crippen LogP) is 1.82. The Morgan fingerprint density at radius 2 is 1.89 bits per heavy atom. The Morgan fingerprint density at radius 1 is 1.15 bits per heavy atom. The van der Waals surface area contributed by atoms with Crippen LogP contribution in [0.1, 0.15) is 53.4 Å². The number of aliphatic hydroxyl groups excluding tert-OH is 1. The van der Waals surface area contributed by atoms with Crippen molar-refractivity contribution >= 4 is 5.97 Å². The summed E-state index contributed by atoms with van der Waals surface area (Å²) in [7, 11) is 1.48. The molecule has 1 unspecified atom stereocenters. The lowest BCUT2D eigenvalue weighted by Crippen LogP contribution is -2.71. The number of aliphatic hydroxyl groups is 1. The molecule has 3 aliphatic heterocycles. The number of methoxy groups -OCH3 is 1. The zero-order valence-electron chi connectivity index (χ0n) is 16.8.